The van der Waals surface area contributed by atoms with Gasteiger partial charge in [0.05, 0.1) is 0 Å². The Balaban J connectivity index is 1.75. The van der Waals surface area contributed by atoms with E-state index >= 15 is 0 Å². The number of nitrogens with two attached hydrogens (primary N) is 1. The van der Waals surface area contributed by atoms with Crippen molar-refractivity contribution >= 4 is 34.3 Å². The van der Waals surface area contributed by atoms with Crippen LogP contribution in [0.15, 0.2) is 24.5 Å². The van der Waals surface area contributed by atoms with E-state index in [4.69, 9.17) is 17.3 Å². The summed E-state index contributed by atoms with van der Waals surface area (Å²) in [6.07, 6.45) is 2.56. The van der Waals surface area contributed by atoms with E-state index in [2.05, 4.69) is 19.9 Å². The number of nitrogens with zero attached hydrogens (tertiary/aromatic N) is 4. The van der Waals surface area contributed by atoms with Gasteiger partial charge in [-0.2, -0.15) is 0 Å². The van der Waals surface area contributed by atoms with Crippen LogP contribution in [0.2, 0.25) is 5.02 Å². The van der Waals surface area contributed by atoms with Crippen LogP contribution in [0.25, 0.3) is 22.2 Å². The van der Waals surface area contributed by atoms with Gasteiger partial charge in [-0.25, -0.2) is 23.7 Å². The highest BCUT2D eigenvalue weighted by atomic mass is 35.5. The van der Waals surface area contributed by atoms with Crippen molar-refractivity contribution < 1.29 is 8.78 Å². The van der Waals surface area contributed by atoms with Crippen LogP contribution in [0.3, 0.4) is 0 Å². The van der Waals surface area contributed by atoms with Crippen LogP contribution in [0.1, 0.15) is 6.42 Å². The summed E-state index contributed by atoms with van der Waals surface area (Å²) in [6, 6.07) is 4.27. The fourth-order valence-corrected chi connectivity index (χ4v) is 3.90. The highest BCUT2D eigenvalue weighted by Gasteiger charge is 2.45. The summed E-state index contributed by atoms with van der Waals surface area (Å²) in [5, 5.41) is -0.543. The van der Waals surface area contributed by atoms with Crippen molar-refractivity contribution in [3.8, 4) is 11.1 Å². The van der Waals surface area contributed by atoms with E-state index in [9.17, 15) is 8.78 Å². The zero-order valence-electron chi connectivity index (χ0n) is 13.6. The van der Waals surface area contributed by atoms with Gasteiger partial charge in [0, 0.05) is 24.2 Å². The minimum Gasteiger partial charge on any atom is -0.382 e. The molecular weight excluding hydrogens is 360 g/mol. The highest BCUT2D eigenvalue weighted by Crippen LogP contribution is 2.47. The highest BCUT2D eigenvalue weighted by molar-refractivity contribution is 6.31. The first kappa shape index (κ1) is 15.7. The number of fused-ring (bicyclic) bond motifs is 2. The first-order valence-electron chi connectivity index (χ1n) is 8.33. The van der Waals surface area contributed by atoms with Gasteiger partial charge >= 0.3 is 0 Å². The van der Waals surface area contributed by atoms with E-state index in [-0.39, 0.29) is 11.4 Å². The number of piperidine rings is 1. The summed E-state index contributed by atoms with van der Waals surface area (Å²) in [7, 11) is 0. The average Bonchev–Trinajstić information content (AvgIpc) is 3.25. The van der Waals surface area contributed by atoms with Crippen molar-refractivity contribution in [2.24, 2.45) is 11.8 Å². The Hall–Kier alpha value is -2.54. The van der Waals surface area contributed by atoms with E-state index in [1.165, 1.54) is 18.8 Å². The summed E-state index contributed by atoms with van der Waals surface area (Å²) in [4.78, 5) is 15.0. The zero-order chi connectivity index (χ0) is 18.0. The summed E-state index contributed by atoms with van der Waals surface area (Å²) in [5.74, 6) is 0.693. The van der Waals surface area contributed by atoms with Gasteiger partial charge in [0.25, 0.3) is 0 Å². The largest absolute Gasteiger partial charge is 0.382 e. The Morgan fingerprint density at radius 3 is 2.62 bits per heavy atom. The second-order valence-corrected chi connectivity index (χ2v) is 7.25. The lowest BCUT2D eigenvalue weighted by molar-refractivity contribution is 0.586. The Labute approximate surface area is 152 Å². The van der Waals surface area contributed by atoms with Crippen LogP contribution in [-0.2, 0) is 0 Å². The molecule has 5 rings (SSSR count). The summed E-state index contributed by atoms with van der Waals surface area (Å²) < 4.78 is 28.3. The molecule has 5 nitrogen and oxygen atoms in total. The van der Waals surface area contributed by atoms with Gasteiger partial charge in [-0.15, -0.1) is 0 Å². The van der Waals surface area contributed by atoms with Crippen molar-refractivity contribution in [1.82, 2.24) is 15.0 Å². The first-order chi connectivity index (χ1) is 12.5. The number of hydrogen-bond acceptors (Lipinski definition) is 5. The number of anilines is 2. The van der Waals surface area contributed by atoms with Crippen LogP contribution < -0.4 is 10.6 Å². The molecule has 2 fully saturated rings. The first-order valence-corrected chi connectivity index (χ1v) is 8.70. The van der Waals surface area contributed by atoms with Crippen LogP contribution in [0, 0.1) is 23.5 Å². The number of aromatic nitrogens is 3. The second-order valence-electron chi connectivity index (χ2n) is 6.87. The Bertz CT molecular complexity index is 1050. The molecule has 26 heavy (non-hydrogen) atoms. The molecule has 2 aromatic heterocycles. The molecule has 3 aromatic rings. The normalized spacial score (nSPS) is 21.3. The number of pyridine rings is 1. The predicted octanol–water partition coefficient (Wildman–Crippen LogP) is 3.66. The molecule has 2 atom stereocenters. The molecule has 2 aliphatic rings. The van der Waals surface area contributed by atoms with Crippen LogP contribution in [0.5, 0.6) is 0 Å². The predicted molar refractivity (Wildman–Crippen MR) is 95.9 cm³/mol. The molecule has 1 aliphatic carbocycles. The van der Waals surface area contributed by atoms with Gasteiger partial charge in [0.1, 0.15) is 34.0 Å². The monoisotopic (exact) mass is 373 g/mol. The van der Waals surface area contributed by atoms with Crippen molar-refractivity contribution in [1.29, 1.82) is 0 Å². The van der Waals surface area contributed by atoms with Gasteiger partial charge in [0.15, 0.2) is 11.6 Å². The van der Waals surface area contributed by atoms with E-state index in [1.807, 2.05) is 0 Å². The Morgan fingerprint density at radius 1 is 1.08 bits per heavy atom. The lowest BCUT2D eigenvalue weighted by Gasteiger charge is -2.21. The minimum absolute atomic E-state index is 0.160. The number of halogens is 3. The quantitative estimate of drug-likeness (QED) is 0.694. The number of rotatable bonds is 2. The van der Waals surface area contributed by atoms with E-state index in [0.29, 0.717) is 34.3 Å². The Kier molecular flexibility index (Phi) is 3.31. The maximum absolute atomic E-state index is 14.7. The maximum Gasteiger partial charge on any atom is 0.153 e. The molecule has 3 heterocycles. The van der Waals surface area contributed by atoms with Gasteiger partial charge < -0.3 is 10.6 Å². The lowest BCUT2D eigenvalue weighted by atomic mass is 10.0. The molecule has 1 saturated carbocycles. The number of hydrogen-bond donors (Lipinski definition) is 1. The zero-order valence-corrected chi connectivity index (χ0v) is 14.3. The smallest absolute Gasteiger partial charge is 0.153 e. The molecule has 1 aliphatic heterocycles. The van der Waals surface area contributed by atoms with Crippen LogP contribution in [-0.4, -0.2) is 28.0 Å². The molecule has 8 heteroatoms. The summed E-state index contributed by atoms with van der Waals surface area (Å²) >= 11 is 5.77. The SMILES string of the molecule is Nc1ncnc2c(-c3ccc(F)c(Cl)c3F)cc(N3C[C@H]4C[C@@H]4C3)nc12. The van der Waals surface area contributed by atoms with Crippen LogP contribution >= 0.6 is 11.6 Å². The molecule has 0 spiro atoms. The maximum atomic E-state index is 14.7. The third-order valence-electron chi connectivity index (χ3n) is 5.23. The summed E-state index contributed by atoms with van der Waals surface area (Å²) in [5.41, 5.74) is 7.43. The van der Waals surface area contributed by atoms with Crippen molar-refractivity contribution in [2.45, 2.75) is 6.42 Å². The average molecular weight is 374 g/mol. The van der Waals surface area contributed by atoms with E-state index < -0.39 is 16.7 Å². The van der Waals surface area contributed by atoms with Crippen molar-refractivity contribution in [2.75, 3.05) is 23.7 Å². The molecule has 0 amide bonds. The fourth-order valence-electron chi connectivity index (χ4n) is 3.73. The second kappa shape index (κ2) is 5.48. The third-order valence-corrected chi connectivity index (χ3v) is 5.58. The molecule has 1 saturated heterocycles. The molecule has 0 unspecified atom stereocenters. The van der Waals surface area contributed by atoms with Crippen molar-refractivity contribution in [3.63, 3.8) is 0 Å². The van der Waals surface area contributed by atoms with Crippen molar-refractivity contribution in [3.05, 3.63) is 41.2 Å². The van der Waals surface area contributed by atoms with Gasteiger partial charge in [-0.05, 0) is 36.5 Å². The van der Waals surface area contributed by atoms with E-state index in [1.54, 1.807) is 6.07 Å². The molecule has 1 aromatic carbocycles. The fraction of sp³-hybridized carbons (Fsp3) is 0.278. The lowest BCUT2D eigenvalue weighted by Crippen LogP contribution is -2.23. The standard InChI is InChI=1S/C18H14ClF2N5/c19-14-12(20)2-1-10(15(14)21)11-4-13(26-5-8-3-9(8)6-26)25-17-16(11)23-7-24-18(17)22/h1-2,4,7-9H,3,5-6H2,(H2,22,23,24)/t8-,9-/m1/s1. The third kappa shape index (κ3) is 2.30. The van der Waals surface area contributed by atoms with Gasteiger partial charge in [0.2, 0.25) is 0 Å². The number of benzene rings is 1. The molecule has 0 radical (unpaired) electrons. The van der Waals surface area contributed by atoms with Crippen LogP contribution in [0.4, 0.5) is 20.4 Å². The number of nitrogen functional groups attached to an aromatic ring is 1. The molecule has 2 N–H and O–H groups in total. The summed E-state index contributed by atoms with van der Waals surface area (Å²) in [6.45, 7) is 1.84. The van der Waals surface area contributed by atoms with Gasteiger partial charge in [-0.3, -0.25) is 0 Å². The molecular formula is C18H14ClF2N5. The van der Waals surface area contributed by atoms with Gasteiger partial charge in [-0.1, -0.05) is 11.6 Å². The molecule has 132 valence electrons. The topological polar surface area (TPSA) is 67.9 Å². The van der Waals surface area contributed by atoms with E-state index in [0.717, 1.165) is 19.2 Å². The minimum atomic E-state index is -0.827. The Morgan fingerprint density at radius 2 is 1.85 bits per heavy atom. The molecule has 0 bridgehead atoms.